The van der Waals surface area contributed by atoms with Crippen LogP contribution in [0, 0.1) is 5.82 Å². The monoisotopic (exact) mass is 411 g/mol. The molecule has 0 bridgehead atoms. The zero-order valence-corrected chi connectivity index (χ0v) is 17.2. The minimum Gasteiger partial charge on any atom is -0.361 e. The average Bonchev–Trinajstić information content (AvgIpc) is 3.27. The van der Waals surface area contributed by atoms with Crippen LogP contribution in [0.4, 0.5) is 9.52 Å². The number of halogens is 1. The Morgan fingerprint density at radius 2 is 2.00 bits per heavy atom. The molecule has 0 unspecified atom stereocenters. The Morgan fingerprint density at radius 1 is 1.07 bits per heavy atom. The van der Waals surface area contributed by atoms with E-state index < -0.39 is 0 Å². The fourth-order valence-corrected chi connectivity index (χ4v) is 6.09. The second kappa shape index (κ2) is 7.78. The van der Waals surface area contributed by atoms with Gasteiger partial charge in [0.2, 0.25) is 0 Å². The molecule has 0 aliphatic carbocycles. The highest BCUT2D eigenvalue weighted by molar-refractivity contribution is 7.22. The van der Waals surface area contributed by atoms with Crippen molar-refractivity contribution in [1.82, 2.24) is 9.88 Å². The predicted molar refractivity (Wildman–Crippen MR) is 118 cm³/mol. The summed E-state index contributed by atoms with van der Waals surface area (Å²) in [5.74, 6) is -0.129. The number of nitrogens with one attached hydrogen (secondary N) is 1. The average molecular weight is 412 g/mol. The van der Waals surface area contributed by atoms with E-state index in [9.17, 15) is 4.39 Å². The largest absolute Gasteiger partial charge is 0.361 e. The van der Waals surface area contributed by atoms with Gasteiger partial charge in [-0.15, -0.1) is 11.3 Å². The molecule has 28 heavy (non-hydrogen) atoms. The van der Waals surface area contributed by atoms with E-state index in [0.29, 0.717) is 0 Å². The minimum atomic E-state index is -0.129. The summed E-state index contributed by atoms with van der Waals surface area (Å²) >= 11 is 3.55. The molecular weight excluding hydrogens is 389 g/mol. The number of hydrogen-bond acceptors (Lipinski definition) is 5. The second-order valence-electron chi connectivity index (χ2n) is 7.29. The standard InChI is InChI=1S/C22H22FN3S2/c23-15-7-8-19-17(13-15)16-9-12-26(14-21(16)27-19)11-4-3-10-24-22-25-18-5-1-2-6-20(18)28-22/h1-2,5-8,13H,3-4,9-12,14H2,(H,24,25). The summed E-state index contributed by atoms with van der Waals surface area (Å²) in [5, 5.41) is 5.61. The fraction of sp³-hybridized carbons (Fsp3) is 0.318. The molecule has 6 heteroatoms. The molecule has 1 aliphatic rings. The number of hydrogen-bond donors (Lipinski definition) is 1. The van der Waals surface area contributed by atoms with Crippen molar-refractivity contribution in [2.24, 2.45) is 0 Å². The number of benzene rings is 2. The molecule has 0 radical (unpaired) electrons. The fourth-order valence-electron chi connectivity index (χ4n) is 3.92. The highest BCUT2D eigenvalue weighted by atomic mass is 32.1. The van der Waals surface area contributed by atoms with E-state index in [-0.39, 0.29) is 5.82 Å². The van der Waals surface area contributed by atoms with Crippen LogP contribution < -0.4 is 5.32 Å². The van der Waals surface area contributed by atoms with Crippen LogP contribution in [0.25, 0.3) is 20.3 Å². The van der Waals surface area contributed by atoms with Crippen LogP contribution in [0.5, 0.6) is 0 Å². The third kappa shape index (κ3) is 3.64. The minimum absolute atomic E-state index is 0.129. The normalized spacial score (nSPS) is 14.6. The van der Waals surface area contributed by atoms with Crippen molar-refractivity contribution in [3.63, 3.8) is 0 Å². The van der Waals surface area contributed by atoms with Crippen LogP contribution >= 0.6 is 22.7 Å². The topological polar surface area (TPSA) is 28.2 Å². The first-order valence-corrected chi connectivity index (χ1v) is 11.4. The lowest BCUT2D eigenvalue weighted by Crippen LogP contribution is -2.30. The molecule has 0 spiro atoms. The van der Waals surface area contributed by atoms with Gasteiger partial charge in [-0.1, -0.05) is 23.5 Å². The number of anilines is 1. The van der Waals surface area contributed by atoms with Gasteiger partial charge in [0.05, 0.1) is 10.2 Å². The number of thiazole rings is 1. The van der Waals surface area contributed by atoms with Crippen molar-refractivity contribution >= 4 is 48.1 Å². The van der Waals surface area contributed by atoms with E-state index >= 15 is 0 Å². The maximum Gasteiger partial charge on any atom is 0.183 e. The number of thiophene rings is 1. The van der Waals surface area contributed by atoms with Crippen LogP contribution in [0.2, 0.25) is 0 Å². The summed E-state index contributed by atoms with van der Waals surface area (Å²) in [6.07, 6.45) is 3.34. The van der Waals surface area contributed by atoms with E-state index in [2.05, 4.69) is 33.4 Å². The Kier molecular flexibility index (Phi) is 5.01. The van der Waals surface area contributed by atoms with Gasteiger partial charge < -0.3 is 5.32 Å². The van der Waals surface area contributed by atoms with E-state index in [1.807, 2.05) is 23.5 Å². The maximum absolute atomic E-state index is 13.6. The summed E-state index contributed by atoms with van der Waals surface area (Å²) < 4.78 is 16.0. The lowest BCUT2D eigenvalue weighted by atomic mass is 10.0. The molecule has 5 rings (SSSR count). The summed E-state index contributed by atoms with van der Waals surface area (Å²) in [6.45, 7) is 4.15. The van der Waals surface area contributed by atoms with Crippen molar-refractivity contribution in [2.75, 3.05) is 25.0 Å². The third-order valence-electron chi connectivity index (χ3n) is 5.35. The molecule has 1 N–H and O–H groups in total. The molecule has 0 fully saturated rings. The Morgan fingerprint density at radius 3 is 2.93 bits per heavy atom. The SMILES string of the molecule is Fc1ccc2sc3c(c2c1)CCN(CCCCNc1nc2ccccc2s1)C3. The first kappa shape index (κ1) is 18.0. The van der Waals surface area contributed by atoms with Crippen LogP contribution in [-0.4, -0.2) is 29.5 Å². The van der Waals surface area contributed by atoms with Gasteiger partial charge in [0.1, 0.15) is 5.82 Å². The van der Waals surface area contributed by atoms with Gasteiger partial charge in [-0.2, -0.15) is 0 Å². The van der Waals surface area contributed by atoms with E-state index in [4.69, 9.17) is 0 Å². The van der Waals surface area contributed by atoms with E-state index in [0.717, 1.165) is 55.1 Å². The molecule has 0 saturated heterocycles. The highest BCUT2D eigenvalue weighted by Crippen LogP contribution is 2.35. The van der Waals surface area contributed by atoms with Crippen molar-refractivity contribution < 1.29 is 4.39 Å². The van der Waals surface area contributed by atoms with Crippen LogP contribution in [0.1, 0.15) is 23.3 Å². The summed E-state index contributed by atoms with van der Waals surface area (Å²) in [4.78, 5) is 8.57. The molecular formula is C22H22FN3S2. The molecule has 2 aromatic heterocycles. The van der Waals surface area contributed by atoms with Gasteiger partial charge in [-0.05, 0) is 67.1 Å². The first-order valence-electron chi connectivity index (χ1n) is 9.78. The second-order valence-corrected chi connectivity index (χ2v) is 9.46. The van der Waals surface area contributed by atoms with Crippen LogP contribution in [-0.2, 0) is 13.0 Å². The number of rotatable bonds is 6. The van der Waals surface area contributed by atoms with Gasteiger partial charge in [0.25, 0.3) is 0 Å². The number of para-hydroxylation sites is 1. The predicted octanol–water partition coefficient (Wildman–Crippen LogP) is 5.90. The lowest BCUT2D eigenvalue weighted by Gasteiger charge is -2.26. The Bertz CT molecular complexity index is 1080. The molecule has 3 nitrogen and oxygen atoms in total. The van der Waals surface area contributed by atoms with Crippen molar-refractivity contribution in [2.45, 2.75) is 25.8 Å². The number of fused-ring (bicyclic) bond motifs is 4. The van der Waals surface area contributed by atoms with Crippen LogP contribution in [0.15, 0.2) is 42.5 Å². The van der Waals surface area contributed by atoms with Gasteiger partial charge in [-0.25, -0.2) is 9.37 Å². The van der Waals surface area contributed by atoms with Crippen molar-refractivity contribution in [1.29, 1.82) is 0 Å². The summed E-state index contributed by atoms with van der Waals surface area (Å²) in [5.41, 5.74) is 2.44. The molecule has 0 saturated carbocycles. The Balaban J connectivity index is 1.11. The lowest BCUT2D eigenvalue weighted by molar-refractivity contribution is 0.253. The molecule has 0 atom stereocenters. The summed E-state index contributed by atoms with van der Waals surface area (Å²) in [6, 6.07) is 13.5. The molecule has 2 aromatic carbocycles. The van der Waals surface area contributed by atoms with Gasteiger partial charge in [0, 0.05) is 29.2 Å². The van der Waals surface area contributed by atoms with E-state index in [1.165, 1.54) is 26.3 Å². The summed E-state index contributed by atoms with van der Waals surface area (Å²) in [7, 11) is 0. The number of unbranched alkanes of at least 4 members (excludes halogenated alkanes) is 1. The number of aromatic nitrogens is 1. The van der Waals surface area contributed by atoms with E-state index in [1.54, 1.807) is 23.5 Å². The maximum atomic E-state index is 13.6. The van der Waals surface area contributed by atoms with Gasteiger partial charge in [0.15, 0.2) is 5.13 Å². The van der Waals surface area contributed by atoms with Gasteiger partial charge in [-0.3, -0.25) is 4.90 Å². The molecule has 144 valence electrons. The third-order valence-corrected chi connectivity index (χ3v) is 7.54. The molecule has 0 amide bonds. The molecule has 4 aromatic rings. The van der Waals surface area contributed by atoms with Gasteiger partial charge >= 0.3 is 0 Å². The highest BCUT2D eigenvalue weighted by Gasteiger charge is 2.20. The van der Waals surface area contributed by atoms with Crippen molar-refractivity contribution in [3.05, 3.63) is 58.7 Å². The zero-order chi connectivity index (χ0) is 18.9. The Labute approximate surface area is 171 Å². The van der Waals surface area contributed by atoms with Crippen molar-refractivity contribution in [3.8, 4) is 0 Å². The quantitative estimate of drug-likeness (QED) is 0.400. The Hall–Kier alpha value is -2.02. The molecule has 3 heterocycles. The van der Waals surface area contributed by atoms with Crippen LogP contribution in [0.3, 0.4) is 0 Å². The smallest absolute Gasteiger partial charge is 0.183 e. The molecule has 1 aliphatic heterocycles. The zero-order valence-electron chi connectivity index (χ0n) is 15.6. The number of nitrogens with zero attached hydrogens (tertiary/aromatic N) is 2. The first-order chi connectivity index (χ1) is 13.8.